The molecule has 0 radical (unpaired) electrons. The molecule has 1 aromatic carbocycles. The van der Waals surface area contributed by atoms with E-state index in [2.05, 4.69) is 22.3 Å². The summed E-state index contributed by atoms with van der Waals surface area (Å²) in [6, 6.07) is 10.3. The quantitative estimate of drug-likeness (QED) is 0.761. The van der Waals surface area contributed by atoms with Gasteiger partial charge in [0.2, 0.25) is 5.89 Å². The van der Waals surface area contributed by atoms with Crippen LogP contribution >= 0.6 is 0 Å². The first-order valence-electron chi connectivity index (χ1n) is 6.35. The predicted molar refractivity (Wildman–Crippen MR) is 68.2 cm³/mol. The summed E-state index contributed by atoms with van der Waals surface area (Å²) in [5.74, 6) is 1.43. The lowest BCUT2D eigenvalue weighted by molar-refractivity contribution is 0.280. The van der Waals surface area contributed by atoms with Gasteiger partial charge in [-0.3, -0.25) is 0 Å². The van der Waals surface area contributed by atoms with Crippen LogP contribution in [0.5, 0.6) is 0 Å². The highest BCUT2D eigenvalue weighted by Crippen LogP contribution is 2.07. The summed E-state index contributed by atoms with van der Waals surface area (Å²) in [6.07, 6.45) is 4.14. The Morgan fingerprint density at radius 3 is 2.61 bits per heavy atom. The SMILES string of the molecule is OCCCCc1nc(CCc2ccccc2)no1. The average molecular weight is 246 g/mol. The highest BCUT2D eigenvalue weighted by atomic mass is 16.5. The lowest BCUT2D eigenvalue weighted by Gasteiger charge is -1.96. The molecule has 1 aromatic heterocycles. The summed E-state index contributed by atoms with van der Waals surface area (Å²) >= 11 is 0. The number of aliphatic hydroxyl groups excluding tert-OH is 1. The molecular formula is C14H18N2O2. The summed E-state index contributed by atoms with van der Waals surface area (Å²) in [6.45, 7) is 0.217. The monoisotopic (exact) mass is 246 g/mol. The van der Waals surface area contributed by atoms with Gasteiger partial charge >= 0.3 is 0 Å². The molecule has 0 aliphatic rings. The van der Waals surface area contributed by atoms with Crippen LogP contribution in [0.2, 0.25) is 0 Å². The van der Waals surface area contributed by atoms with Gasteiger partial charge in [0, 0.05) is 19.4 Å². The van der Waals surface area contributed by atoms with Crippen LogP contribution in [0.4, 0.5) is 0 Å². The normalized spacial score (nSPS) is 10.7. The second kappa shape index (κ2) is 6.91. The molecule has 0 aliphatic heterocycles. The van der Waals surface area contributed by atoms with Crippen molar-refractivity contribution in [3.8, 4) is 0 Å². The Kier molecular flexibility index (Phi) is 4.90. The molecule has 2 rings (SSSR count). The van der Waals surface area contributed by atoms with E-state index < -0.39 is 0 Å². The molecule has 0 spiro atoms. The number of aliphatic hydroxyl groups is 1. The number of aromatic nitrogens is 2. The van der Waals surface area contributed by atoms with Crippen molar-refractivity contribution in [2.24, 2.45) is 0 Å². The maximum atomic E-state index is 8.69. The molecule has 96 valence electrons. The number of rotatable bonds is 7. The van der Waals surface area contributed by atoms with Crippen molar-refractivity contribution in [3.05, 3.63) is 47.6 Å². The van der Waals surface area contributed by atoms with Gasteiger partial charge in [0.25, 0.3) is 0 Å². The highest BCUT2D eigenvalue weighted by molar-refractivity contribution is 5.15. The van der Waals surface area contributed by atoms with Crippen LogP contribution in [0.1, 0.15) is 30.1 Å². The van der Waals surface area contributed by atoms with Gasteiger partial charge in [-0.1, -0.05) is 35.5 Å². The molecule has 0 amide bonds. The lowest BCUT2D eigenvalue weighted by Crippen LogP contribution is -1.94. The van der Waals surface area contributed by atoms with Crippen LogP contribution in [0.15, 0.2) is 34.9 Å². The number of hydrogen-bond acceptors (Lipinski definition) is 4. The van der Waals surface area contributed by atoms with Crippen molar-refractivity contribution in [1.82, 2.24) is 10.1 Å². The van der Waals surface area contributed by atoms with Crippen molar-refractivity contribution in [2.45, 2.75) is 32.1 Å². The van der Waals surface area contributed by atoms with Crippen molar-refractivity contribution in [1.29, 1.82) is 0 Å². The van der Waals surface area contributed by atoms with Crippen molar-refractivity contribution >= 4 is 0 Å². The molecule has 0 unspecified atom stereocenters. The first kappa shape index (κ1) is 12.8. The zero-order chi connectivity index (χ0) is 12.6. The Morgan fingerprint density at radius 1 is 1.00 bits per heavy atom. The predicted octanol–water partition coefficient (Wildman–Crippen LogP) is 2.17. The molecule has 2 aromatic rings. The molecule has 0 fully saturated rings. The smallest absolute Gasteiger partial charge is 0.226 e. The van der Waals surface area contributed by atoms with Crippen LogP contribution in [-0.2, 0) is 19.3 Å². The number of aryl methyl sites for hydroxylation is 3. The summed E-state index contributed by atoms with van der Waals surface area (Å²) < 4.78 is 5.16. The van der Waals surface area contributed by atoms with Crippen molar-refractivity contribution in [2.75, 3.05) is 6.61 Å². The number of benzene rings is 1. The van der Waals surface area contributed by atoms with E-state index in [1.165, 1.54) is 5.56 Å². The summed E-state index contributed by atoms with van der Waals surface area (Å²) in [5.41, 5.74) is 1.28. The minimum Gasteiger partial charge on any atom is -0.396 e. The van der Waals surface area contributed by atoms with Gasteiger partial charge in [0.15, 0.2) is 5.82 Å². The minimum absolute atomic E-state index is 0.217. The molecule has 1 heterocycles. The first-order valence-corrected chi connectivity index (χ1v) is 6.35. The Morgan fingerprint density at radius 2 is 1.83 bits per heavy atom. The molecule has 4 heteroatoms. The molecule has 0 saturated heterocycles. The Hall–Kier alpha value is -1.68. The van der Waals surface area contributed by atoms with Crippen molar-refractivity contribution < 1.29 is 9.63 Å². The molecule has 18 heavy (non-hydrogen) atoms. The molecule has 0 bridgehead atoms. The zero-order valence-corrected chi connectivity index (χ0v) is 10.4. The number of nitrogens with zero attached hydrogens (tertiary/aromatic N) is 2. The first-order chi connectivity index (χ1) is 8.88. The van der Waals surface area contributed by atoms with Crippen LogP contribution < -0.4 is 0 Å². The topological polar surface area (TPSA) is 59.2 Å². The fourth-order valence-electron chi connectivity index (χ4n) is 1.78. The zero-order valence-electron chi connectivity index (χ0n) is 10.4. The van der Waals surface area contributed by atoms with E-state index in [1.807, 2.05) is 18.2 Å². The summed E-state index contributed by atoms with van der Waals surface area (Å²) in [5, 5.41) is 12.7. The van der Waals surface area contributed by atoms with Gasteiger partial charge in [0.05, 0.1) is 0 Å². The average Bonchev–Trinajstić information content (AvgIpc) is 2.86. The second-order valence-electron chi connectivity index (χ2n) is 4.27. The summed E-state index contributed by atoms with van der Waals surface area (Å²) in [4.78, 5) is 4.34. The summed E-state index contributed by atoms with van der Waals surface area (Å²) in [7, 11) is 0. The third-order valence-electron chi connectivity index (χ3n) is 2.79. The molecule has 0 aliphatic carbocycles. The number of unbranched alkanes of at least 4 members (excludes halogenated alkanes) is 1. The maximum absolute atomic E-state index is 8.69. The molecule has 4 nitrogen and oxygen atoms in total. The van der Waals surface area contributed by atoms with Gasteiger partial charge in [-0.25, -0.2) is 0 Å². The van der Waals surface area contributed by atoms with Gasteiger partial charge < -0.3 is 9.63 Å². The van der Waals surface area contributed by atoms with E-state index in [0.29, 0.717) is 5.89 Å². The maximum Gasteiger partial charge on any atom is 0.226 e. The Balaban J connectivity index is 1.80. The molecular weight excluding hydrogens is 228 g/mol. The molecule has 1 N–H and O–H groups in total. The van der Waals surface area contributed by atoms with Crippen LogP contribution in [0.3, 0.4) is 0 Å². The van der Waals surface area contributed by atoms with Gasteiger partial charge in [0.1, 0.15) is 0 Å². The lowest BCUT2D eigenvalue weighted by atomic mass is 10.1. The minimum atomic E-state index is 0.217. The van der Waals surface area contributed by atoms with Gasteiger partial charge in [-0.15, -0.1) is 0 Å². The largest absolute Gasteiger partial charge is 0.396 e. The third kappa shape index (κ3) is 3.96. The fourth-order valence-corrected chi connectivity index (χ4v) is 1.78. The van der Waals surface area contributed by atoms with Crippen LogP contribution in [-0.4, -0.2) is 21.9 Å². The van der Waals surface area contributed by atoms with Crippen LogP contribution in [0, 0.1) is 0 Å². The van der Waals surface area contributed by atoms with E-state index in [-0.39, 0.29) is 6.61 Å². The van der Waals surface area contributed by atoms with Crippen LogP contribution in [0.25, 0.3) is 0 Å². The number of hydrogen-bond donors (Lipinski definition) is 1. The van der Waals surface area contributed by atoms with Gasteiger partial charge in [-0.05, 0) is 24.8 Å². The van der Waals surface area contributed by atoms with E-state index in [4.69, 9.17) is 9.63 Å². The fraction of sp³-hybridized carbons (Fsp3) is 0.429. The second-order valence-corrected chi connectivity index (χ2v) is 4.27. The van der Waals surface area contributed by atoms with E-state index in [0.717, 1.165) is 37.9 Å². The van der Waals surface area contributed by atoms with E-state index >= 15 is 0 Å². The molecule has 0 atom stereocenters. The van der Waals surface area contributed by atoms with E-state index in [1.54, 1.807) is 0 Å². The van der Waals surface area contributed by atoms with Crippen molar-refractivity contribution in [3.63, 3.8) is 0 Å². The third-order valence-corrected chi connectivity index (χ3v) is 2.79. The molecule has 0 saturated carbocycles. The van der Waals surface area contributed by atoms with E-state index in [9.17, 15) is 0 Å². The highest BCUT2D eigenvalue weighted by Gasteiger charge is 2.06. The van der Waals surface area contributed by atoms with Gasteiger partial charge in [-0.2, -0.15) is 4.98 Å². The Bertz CT molecular complexity index is 454. The Labute approximate surface area is 107 Å². The standard InChI is InChI=1S/C14H18N2O2/c17-11-5-4-8-14-15-13(16-18-14)10-9-12-6-2-1-3-7-12/h1-3,6-7,17H,4-5,8-11H2.